The quantitative estimate of drug-likeness (QED) is 0.289. The van der Waals surface area contributed by atoms with E-state index >= 15 is 0 Å². The van der Waals surface area contributed by atoms with Gasteiger partial charge in [0.2, 0.25) is 5.88 Å². The van der Waals surface area contributed by atoms with E-state index in [1.165, 1.54) is 30.1 Å². The second kappa shape index (κ2) is 8.79. The molecule has 11 heteroatoms. The van der Waals surface area contributed by atoms with Gasteiger partial charge in [0.15, 0.2) is 10.6 Å². The molecule has 0 aliphatic rings. The second-order valence-electron chi connectivity index (χ2n) is 7.08. The summed E-state index contributed by atoms with van der Waals surface area (Å²) in [5, 5.41) is 18.7. The first-order valence-corrected chi connectivity index (χ1v) is 10.8. The molecule has 5 aromatic rings. The summed E-state index contributed by atoms with van der Waals surface area (Å²) >= 11 is 1.15. The van der Waals surface area contributed by atoms with Crippen molar-refractivity contribution in [1.82, 2.24) is 20.0 Å². The summed E-state index contributed by atoms with van der Waals surface area (Å²) < 4.78 is 17.3. The number of aromatic nitrogens is 4. The van der Waals surface area contributed by atoms with Crippen molar-refractivity contribution in [2.24, 2.45) is 0 Å². The van der Waals surface area contributed by atoms with Gasteiger partial charge in [-0.2, -0.15) is 0 Å². The van der Waals surface area contributed by atoms with E-state index in [1.807, 2.05) is 30.3 Å². The summed E-state index contributed by atoms with van der Waals surface area (Å²) in [7, 11) is 1.28. The lowest BCUT2D eigenvalue weighted by molar-refractivity contribution is 0.0600. The van der Waals surface area contributed by atoms with Crippen LogP contribution in [0.25, 0.3) is 27.2 Å². The second-order valence-corrected chi connectivity index (χ2v) is 8.08. The van der Waals surface area contributed by atoms with Gasteiger partial charge < -0.3 is 19.0 Å². The Morgan fingerprint density at radius 3 is 2.79 bits per heavy atom. The average molecular weight is 476 g/mol. The van der Waals surface area contributed by atoms with Crippen LogP contribution in [0, 0.1) is 0 Å². The first-order valence-electron chi connectivity index (χ1n) is 9.97. The molecule has 0 amide bonds. The van der Waals surface area contributed by atoms with Crippen molar-refractivity contribution in [2.45, 2.75) is 6.61 Å². The minimum atomic E-state index is -0.667. The van der Waals surface area contributed by atoms with Crippen molar-refractivity contribution in [3.8, 4) is 27.9 Å². The maximum Gasteiger partial charge on any atom is 0.362 e. The highest BCUT2D eigenvalue weighted by Gasteiger charge is 2.22. The van der Waals surface area contributed by atoms with Gasteiger partial charge in [-0.1, -0.05) is 35.5 Å². The van der Waals surface area contributed by atoms with Crippen LogP contribution in [0.5, 0.6) is 11.6 Å². The molecule has 170 valence electrons. The molecule has 5 rings (SSSR count). The van der Waals surface area contributed by atoms with Gasteiger partial charge in [-0.3, -0.25) is 0 Å². The van der Waals surface area contributed by atoms with Gasteiger partial charge in [-0.15, -0.1) is 16.4 Å². The Labute approximate surface area is 195 Å². The van der Waals surface area contributed by atoms with Gasteiger partial charge >= 0.3 is 11.6 Å². The Kier molecular flexibility index (Phi) is 5.52. The van der Waals surface area contributed by atoms with E-state index in [0.29, 0.717) is 16.1 Å². The van der Waals surface area contributed by atoms with Gasteiger partial charge in [0.1, 0.15) is 28.6 Å². The number of carbonyl (C=O) groups excluding carboxylic acids is 1. The zero-order valence-corrected chi connectivity index (χ0v) is 18.5. The third kappa shape index (κ3) is 3.99. The number of hydrogen-bond acceptors (Lipinski definition) is 10. The number of carbonyl (C=O) groups is 1. The molecule has 0 saturated carbocycles. The van der Waals surface area contributed by atoms with E-state index in [4.69, 9.17) is 13.9 Å². The molecular formula is C23H16N4O6S. The van der Waals surface area contributed by atoms with Crippen molar-refractivity contribution >= 4 is 28.3 Å². The number of phenolic OH excluding ortho intramolecular Hbond substituents is 1. The Morgan fingerprint density at radius 1 is 1.18 bits per heavy atom. The fourth-order valence-electron chi connectivity index (χ4n) is 3.27. The first kappa shape index (κ1) is 21.3. The van der Waals surface area contributed by atoms with E-state index < -0.39 is 11.6 Å². The number of phenols is 1. The monoisotopic (exact) mass is 476 g/mol. The van der Waals surface area contributed by atoms with Crippen LogP contribution in [0.3, 0.4) is 0 Å². The summed E-state index contributed by atoms with van der Waals surface area (Å²) in [6, 6.07) is 15.4. The number of nitrogens with zero attached hydrogens (tertiary/aromatic N) is 4. The van der Waals surface area contributed by atoms with Crippen molar-refractivity contribution in [3.05, 3.63) is 81.8 Å². The predicted octanol–water partition coefficient (Wildman–Crippen LogP) is 3.57. The lowest BCUT2D eigenvalue weighted by Gasteiger charge is -2.07. The van der Waals surface area contributed by atoms with Crippen LogP contribution >= 0.6 is 11.3 Å². The maximum absolute atomic E-state index is 12.6. The standard InChI is InChI=1S/C23H16N4O6S/c1-31-23(30)19-20(25-21(34-19)13-5-3-2-4-6-13)32-12-15-11-24-26-27(15)17-9-14-7-8-16(28)10-18(14)33-22(17)29/h2-11,28H,12H2,1H3. The molecule has 2 aromatic carbocycles. The third-order valence-electron chi connectivity index (χ3n) is 4.89. The molecule has 0 bridgehead atoms. The van der Waals surface area contributed by atoms with Crippen LogP contribution in [0.15, 0.2) is 70.0 Å². The molecule has 0 spiro atoms. The molecular weight excluding hydrogens is 460 g/mol. The van der Waals surface area contributed by atoms with Crippen LogP contribution in [-0.4, -0.2) is 38.2 Å². The van der Waals surface area contributed by atoms with E-state index in [0.717, 1.165) is 16.9 Å². The third-order valence-corrected chi connectivity index (χ3v) is 5.96. The summed E-state index contributed by atoms with van der Waals surface area (Å²) in [6.07, 6.45) is 1.43. The summed E-state index contributed by atoms with van der Waals surface area (Å²) in [4.78, 5) is 29.5. The van der Waals surface area contributed by atoms with Crippen LogP contribution in [0.2, 0.25) is 0 Å². The number of rotatable bonds is 6. The van der Waals surface area contributed by atoms with E-state index in [9.17, 15) is 14.7 Å². The summed E-state index contributed by atoms with van der Waals surface area (Å²) in [5.74, 6) is -0.484. The van der Waals surface area contributed by atoms with Crippen LogP contribution in [0.4, 0.5) is 0 Å². The van der Waals surface area contributed by atoms with E-state index in [2.05, 4.69) is 15.3 Å². The van der Waals surface area contributed by atoms with Gasteiger partial charge in [0, 0.05) is 17.0 Å². The highest BCUT2D eigenvalue weighted by Crippen LogP contribution is 2.33. The summed E-state index contributed by atoms with van der Waals surface area (Å²) in [6.45, 7) is -0.0813. The highest BCUT2D eigenvalue weighted by atomic mass is 32.1. The zero-order chi connectivity index (χ0) is 23.7. The lowest BCUT2D eigenvalue weighted by atomic mass is 10.2. The average Bonchev–Trinajstić information content (AvgIpc) is 3.49. The Bertz CT molecular complexity index is 1560. The fraction of sp³-hybridized carbons (Fsp3) is 0.0870. The number of esters is 1. The van der Waals surface area contributed by atoms with Crippen LogP contribution in [-0.2, 0) is 11.3 Å². The lowest BCUT2D eigenvalue weighted by Crippen LogP contribution is -2.15. The van der Waals surface area contributed by atoms with E-state index in [1.54, 1.807) is 12.1 Å². The Balaban J connectivity index is 1.47. The van der Waals surface area contributed by atoms with Gasteiger partial charge in [-0.05, 0) is 18.2 Å². The molecule has 0 radical (unpaired) electrons. The van der Waals surface area contributed by atoms with Crippen molar-refractivity contribution in [1.29, 1.82) is 0 Å². The largest absolute Gasteiger partial charge is 0.508 e. The maximum atomic E-state index is 12.6. The molecule has 1 N–H and O–H groups in total. The van der Waals surface area contributed by atoms with Gasteiger partial charge in [0.05, 0.1) is 13.3 Å². The minimum absolute atomic E-state index is 0.0159. The Morgan fingerprint density at radius 2 is 2.00 bits per heavy atom. The van der Waals surface area contributed by atoms with Crippen LogP contribution in [0.1, 0.15) is 15.4 Å². The molecule has 34 heavy (non-hydrogen) atoms. The molecule has 0 aliphatic heterocycles. The van der Waals surface area contributed by atoms with Crippen LogP contribution < -0.4 is 10.4 Å². The molecule has 0 atom stereocenters. The fourth-order valence-corrected chi connectivity index (χ4v) is 4.20. The van der Waals surface area contributed by atoms with E-state index in [-0.39, 0.29) is 34.4 Å². The molecule has 3 aromatic heterocycles. The van der Waals surface area contributed by atoms with Crippen molar-refractivity contribution in [2.75, 3.05) is 7.11 Å². The number of methoxy groups -OCH3 is 1. The molecule has 0 unspecified atom stereocenters. The molecule has 10 nitrogen and oxygen atoms in total. The number of hydrogen-bond donors (Lipinski definition) is 1. The summed E-state index contributed by atoms with van der Waals surface area (Å²) in [5.41, 5.74) is 0.950. The minimum Gasteiger partial charge on any atom is -0.508 e. The first-order chi connectivity index (χ1) is 16.5. The number of benzene rings is 2. The molecule has 0 aliphatic carbocycles. The molecule has 0 fully saturated rings. The normalized spacial score (nSPS) is 11.0. The zero-order valence-electron chi connectivity index (χ0n) is 17.7. The Hall–Kier alpha value is -4.51. The van der Waals surface area contributed by atoms with Gasteiger partial charge in [0.25, 0.3) is 0 Å². The number of thiazole rings is 1. The number of ether oxygens (including phenoxy) is 2. The molecule has 3 heterocycles. The highest BCUT2D eigenvalue weighted by molar-refractivity contribution is 7.17. The predicted molar refractivity (Wildman–Crippen MR) is 122 cm³/mol. The molecule has 0 saturated heterocycles. The van der Waals surface area contributed by atoms with Crippen molar-refractivity contribution < 1.29 is 23.8 Å². The number of fused-ring (bicyclic) bond motifs is 1. The smallest absolute Gasteiger partial charge is 0.362 e. The number of aromatic hydroxyl groups is 1. The van der Waals surface area contributed by atoms with Crippen molar-refractivity contribution in [3.63, 3.8) is 0 Å². The topological polar surface area (TPSA) is 130 Å². The van der Waals surface area contributed by atoms with Gasteiger partial charge in [-0.25, -0.2) is 19.3 Å². The SMILES string of the molecule is COC(=O)c1sc(-c2ccccc2)nc1OCc1cnnn1-c1cc2ccc(O)cc2oc1=O.